The predicted octanol–water partition coefficient (Wildman–Crippen LogP) is 3.76. The van der Waals surface area contributed by atoms with Crippen LogP contribution in [0.15, 0.2) is 47.4 Å². The molecule has 3 rings (SSSR count). The molecule has 2 N–H and O–H groups in total. The molecule has 0 saturated heterocycles. The van der Waals surface area contributed by atoms with E-state index in [4.69, 9.17) is 4.74 Å². The van der Waals surface area contributed by atoms with Crippen molar-refractivity contribution in [1.29, 1.82) is 0 Å². The standard InChI is InChI=1S/C22H25N3O4S/c1-4-25(14(2)3)17-8-6-16(7-9-17)23-20(26)12-29-22(28)15-5-10-19-18(11-15)24-21(27)13-30-19/h5-11,14H,4,12-13H2,1-3H3,(H,23,26)(H,24,27). The average molecular weight is 428 g/mol. The van der Waals surface area contributed by atoms with Gasteiger partial charge in [0.1, 0.15) is 0 Å². The van der Waals surface area contributed by atoms with E-state index in [1.165, 1.54) is 11.8 Å². The van der Waals surface area contributed by atoms with Crippen molar-refractivity contribution in [2.24, 2.45) is 0 Å². The zero-order chi connectivity index (χ0) is 21.7. The van der Waals surface area contributed by atoms with Crippen LogP contribution in [0.2, 0.25) is 0 Å². The molecule has 30 heavy (non-hydrogen) atoms. The van der Waals surface area contributed by atoms with Crippen molar-refractivity contribution in [1.82, 2.24) is 0 Å². The van der Waals surface area contributed by atoms with Crippen LogP contribution in [-0.2, 0) is 14.3 Å². The third kappa shape index (κ3) is 5.33. The lowest BCUT2D eigenvalue weighted by molar-refractivity contribution is -0.119. The summed E-state index contributed by atoms with van der Waals surface area (Å²) in [5, 5.41) is 5.45. The minimum Gasteiger partial charge on any atom is -0.452 e. The SMILES string of the molecule is CCN(c1ccc(NC(=O)COC(=O)c2ccc3c(c2)NC(=O)CS3)cc1)C(C)C. The number of esters is 1. The molecule has 2 aromatic rings. The lowest BCUT2D eigenvalue weighted by atomic mass is 10.2. The van der Waals surface area contributed by atoms with Gasteiger partial charge in [-0.1, -0.05) is 0 Å². The van der Waals surface area contributed by atoms with Crippen LogP contribution in [0.1, 0.15) is 31.1 Å². The first kappa shape index (κ1) is 21.7. The highest BCUT2D eigenvalue weighted by Gasteiger charge is 2.18. The van der Waals surface area contributed by atoms with Crippen molar-refractivity contribution in [3.05, 3.63) is 48.0 Å². The third-order valence-corrected chi connectivity index (χ3v) is 5.70. The van der Waals surface area contributed by atoms with E-state index in [0.29, 0.717) is 23.2 Å². The molecule has 0 atom stereocenters. The molecule has 0 bridgehead atoms. The fraction of sp³-hybridized carbons (Fsp3) is 0.318. The van der Waals surface area contributed by atoms with Crippen molar-refractivity contribution in [3.8, 4) is 0 Å². The predicted molar refractivity (Wildman–Crippen MR) is 119 cm³/mol. The van der Waals surface area contributed by atoms with Crippen LogP contribution in [0.25, 0.3) is 0 Å². The van der Waals surface area contributed by atoms with E-state index < -0.39 is 18.5 Å². The second-order valence-electron chi connectivity index (χ2n) is 7.10. The molecular formula is C22H25N3O4S. The molecule has 2 amide bonds. The Bertz CT molecular complexity index is 944. The van der Waals surface area contributed by atoms with Gasteiger partial charge >= 0.3 is 5.97 Å². The largest absolute Gasteiger partial charge is 0.452 e. The second kappa shape index (κ2) is 9.67. The molecule has 0 fully saturated rings. The fourth-order valence-corrected chi connectivity index (χ4v) is 3.99. The minimum absolute atomic E-state index is 0.112. The van der Waals surface area contributed by atoms with Gasteiger partial charge < -0.3 is 20.3 Å². The molecule has 1 aliphatic heterocycles. The molecule has 158 valence electrons. The lowest BCUT2D eigenvalue weighted by Crippen LogP contribution is -2.30. The van der Waals surface area contributed by atoms with Crippen LogP contribution >= 0.6 is 11.8 Å². The van der Waals surface area contributed by atoms with Crippen LogP contribution in [0, 0.1) is 0 Å². The first-order chi connectivity index (χ1) is 14.4. The van der Waals surface area contributed by atoms with E-state index in [9.17, 15) is 14.4 Å². The number of hydrogen-bond acceptors (Lipinski definition) is 6. The molecule has 0 aromatic heterocycles. The quantitative estimate of drug-likeness (QED) is 0.654. The number of carbonyl (C=O) groups is 3. The summed E-state index contributed by atoms with van der Waals surface area (Å²) in [6.45, 7) is 6.85. The molecule has 0 unspecified atom stereocenters. The van der Waals surface area contributed by atoms with Crippen LogP contribution < -0.4 is 15.5 Å². The number of thioether (sulfide) groups is 1. The van der Waals surface area contributed by atoms with Gasteiger partial charge in [-0.05, 0) is 63.2 Å². The summed E-state index contributed by atoms with van der Waals surface area (Å²) in [6.07, 6.45) is 0. The van der Waals surface area contributed by atoms with Crippen molar-refractivity contribution in [2.45, 2.75) is 31.7 Å². The van der Waals surface area contributed by atoms with E-state index in [1.807, 2.05) is 24.3 Å². The zero-order valence-corrected chi connectivity index (χ0v) is 18.0. The van der Waals surface area contributed by atoms with E-state index in [2.05, 4.69) is 36.3 Å². The van der Waals surface area contributed by atoms with Crippen molar-refractivity contribution in [3.63, 3.8) is 0 Å². The maximum absolute atomic E-state index is 12.3. The van der Waals surface area contributed by atoms with Crippen molar-refractivity contribution in [2.75, 3.05) is 34.4 Å². The highest BCUT2D eigenvalue weighted by Crippen LogP contribution is 2.32. The van der Waals surface area contributed by atoms with Gasteiger partial charge in [0.15, 0.2) is 6.61 Å². The van der Waals surface area contributed by atoms with Gasteiger partial charge in [0.05, 0.1) is 17.0 Å². The number of benzene rings is 2. The lowest BCUT2D eigenvalue weighted by Gasteiger charge is -2.27. The Morgan fingerprint density at radius 1 is 1.20 bits per heavy atom. The topological polar surface area (TPSA) is 87.7 Å². The molecule has 1 aliphatic rings. The average Bonchev–Trinajstić information content (AvgIpc) is 2.73. The molecule has 0 spiro atoms. The van der Waals surface area contributed by atoms with Crippen LogP contribution in [-0.4, -0.2) is 42.7 Å². The van der Waals surface area contributed by atoms with E-state index in [0.717, 1.165) is 17.1 Å². The molecule has 8 heteroatoms. The second-order valence-corrected chi connectivity index (χ2v) is 8.12. The van der Waals surface area contributed by atoms with E-state index >= 15 is 0 Å². The molecule has 0 saturated carbocycles. The summed E-state index contributed by atoms with van der Waals surface area (Å²) in [7, 11) is 0. The van der Waals surface area contributed by atoms with Gasteiger partial charge in [-0.25, -0.2) is 4.79 Å². The smallest absolute Gasteiger partial charge is 0.338 e. The third-order valence-electron chi connectivity index (χ3n) is 4.63. The zero-order valence-electron chi connectivity index (χ0n) is 17.2. The van der Waals surface area contributed by atoms with E-state index in [-0.39, 0.29) is 11.5 Å². The van der Waals surface area contributed by atoms with Gasteiger partial charge in [0, 0.05) is 28.9 Å². The molecule has 0 radical (unpaired) electrons. The molecule has 2 aromatic carbocycles. The number of nitrogens with one attached hydrogen (secondary N) is 2. The number of hydrogen-bond donors (Lipinski definition) is 2. The Hall–Kier alpha value is -3.00. The fourth-order valence-electron chi connectivity index (χ4n) is 3.20. The van der Waals surface area contributed by atoms with Gasteiger partial charge in [-0.3, -0.25) is 9.59 Å². The number of nitrogens with zero attached hydrogens (tertiary/aromatic N) is 1. The summed E-state index contributed by atoms with van der Waals surface area (Å²) in [5.74, 6) is -0.803. The highest BCUT2D eigenvalue weighted by molar-refractivity contribution is 8.00. The van der Waals surface area contributed by atoms with Crippen molar-refractivity contribution >= 4 is 46.6 Å². The summed E-state index contributed by atoms with van der Waals surface area (Å²) in [6, 6.07) is 12.9. The van der Waals surface area contributed by atoms with Crippen LogP contribution in [0.5, 0.6) is 0 Å². The summed E-state index contributed by atoms with van der Waals surface area (Å²) < 4.78 is 5.11. The highest BCUT2D eigenvalue weighted by atomic mass is 32.2. The number of amides is 2. The Kier molecular flexibility index (Phi) is 6.99. The first-order valence-electron chi connectivity index (χ1n) is 9.77. The summed E-state index contributed by atoms with van der Waals surface area (Å²) in [5.41, 5.74) is 2.57. The summed E-state index contributed by atoms with van der Waals surface area (Å²) >= 11 is 1.41. The Balaban J connectivity index is 1.54. The van der Waals surface area contributed by atoms with Gasteiger partial charge in [-0.15, -0.1) is 11.8 Å². The molecule has 0 aliphatic carbocycles. The van der Waals surface area contributed by atoms with Gasteiger partial charge in [-0.2, -0.15) is 0 Å². The number of fused-ring (bicyclic) bond motifs is 1. The molecule has 1 heterocycles. The van der Waals surface area contributed by atoms with Gasteiger partial charge in [0.2, 0.25) is 5.91 Å². The Morgan fingerprint density at radius 3 is 2.60 bits per heavy atom. The van der Waals surface area contributed by atoms with Crippen LogP contribution in [0.4, 0.5) is 17.1 Å². The molecule has 7 nitrogen and oxygen atoms in total. The monoisotopic (exact) mass is 427 g/mol. The Labute approximate surface area is 180 Å². The number of ether oxygens (including phenoxy) is 1. The first-order valence-corrected chi connectivity index (χ1v) is 10.8. The minimum atomic E-state index is -0.622. The maximum Gasteiger partial charge on any atom is 0.338 e. The molecular weight excluding hydrogens is 402 g/mol. The normalized spacial score (nSPS) is 12.7. The van der Waals surface area contributed by atoms with Crippen LogP contribution in [0.3, 0.4) is 0 Å². The maximum atomic E-state index is 12.3. The number of carbonyl (C=O) groups excluding carboxylic acids is 3. The summed E-state index contributed by atoms with van der Waals surface area (Å²) in [4.78, 5) is 39.0. The van der Waals surface area contributed by atoms with Gasteiger partial charge in [0.25, 0.3) is 5.91 Å². The Morgan fingerprint density at radius 2 is 1.93 bits per heavy atom. The number of anilines is 3. The number of rotatable bonds is 7. The van der Waals surface area contributed by atoms with E-state index in [1.54, 1.807) is 18.2 Å². The van der Waals surface area contributed by atoms with Crippen molar-refractivity contribution < 1.29 is 19.1 Å².